The molecule has 0 bridgehead atoms. The number of carbonyl (C=O) groups excluding carboxylic acids is 1. The van der Waals surface area contributed by atoms with E-state index in [9.17, 15) is 18.0 Å². The lowest BCUT2D eigenvalue weighted by molar-refractivity contribution is -0.126. The Kier molecular flexibility index (Phi) is 3.56. The maximum Gasteiger partial charge on any atom is 0.335 e. The molecule has 1 aromatic rings. The SMILES string of the molecule is Cc1ccc(C(=O)O)cc1S(=O)(=O)C1CCN(C)C1=O. The molecule has 1 atom stereocenters. The van der Waals surface area contributed by atoms with Gasteiger partial charge in [-0.25, -0.2) is 13.2 Å². The highest BCUT2D eigenvalue weighted by Gasteiger charge is 2.41. The van der Waals surface area contributed by atoms with Gasteiger partial charge >= 0.3 is 5.97 Å². The van der Waals surface area contributed by atoms with Gasteiger partial charge in [-0.05, 0) is 31.0 Å². The van der Waals surface area contributed by atoms with Crippen LogP contribution in [0.4, 0.5) is 0 Å². The summed E-state index contributed by atoms with van der Waals surface area (Å²) >= 11 is 0. The zero-order valence-corrected chi connectivity index (χ0v) is 12.0. The number of nitrogens with zero attached hydrogens (tertiary/aromatic N) is 1. The molecule has 0 radical (unpaired) electrons. The number of sulfone groups is 1. The van der Waals surface area contributed by atoms with Crippen molar-refractivity contribution in [3.05, 3.63) is 29.3 Å². The molecular weight excluding hydrogens is 282 g/mol. The molecule has 0 spiro atoms. The Balaban J connectivity index is 2.52. The lowest BCUT2D eigenvalue weighted by atomic mass is 10.1. The zero-order valence-electron chi connectivity index (χ0n) is 11.2. The predicted molar refractivity (Wildman–Crippen MR) is 71.4 cm³/mol. The van der Waals surface area contributed by atoms with Crippen LogP contribution in [0.5, 0.6) is 0 Å². The summed E-state index contributed by atoms with van der Waals surface area (Å²) in [6.45, 7) is 1.97. The quantitative estimate of drug-likeness (QED) is 0.886. The highest BCUT2D eigenvalue weighted by molar-refractivity contribution is 7.92. The van der Waals surface area contributed by atoms with Crippen molar-refractivity contribution in [3.8, 4) is 0 Å². The smallest absolute Gasteiger partial charge is 0.335 e. The molecule has 6 nitrogen and oxygen atoms in total. The molecule has 1 heterocycles. The monoisotopic (exact) mass is 297 g/mol. The second-order valence-corrected chi connectivity index (χ2v) is 6.97. The lowest BCUT2D eigenvalue weighted by Crippen LogP contribution is -2.32. The number of amides is 1. The number of aromatic carboxylic acids is 1. The number of likely N-dealkylation sites (tertiary alicyclic amines) is 1. The number of carbonyl (C=O) groups is 2. The van der Waals surface area contributed by atoms with Crippen LogP contribution in [-0.2, 0) is 14.6 Å². The van der Waals surface area contributed by atoms with Crippen LogP contribution in [0.3, 0.4) is 0 Å². The van der Waals surface area contributed by atoms with E-state index in [1.165, 1.54) is 17.0 Å². The molecule has 0 saturated carbocycles. The molecule has 1 saturated heterocycles. The van der Waals surface area contributed by atoms with Crippen LogP contribution < -0.4 is 0 Å². The van der Waals surface area contributed by atoms with Crippen LogP contribution in [0.25, 0.3) is 0 Å². The van der Waals surface area contributed by atoms with Crippen LogP contribution >= 0.6 is 0 Å². The Labute approximate surface area is 116 Å². The van der Waals surface area contributed by atoms with E-state index >= 15 is 0 Å². The zero-order chi connectivity index (χ0) is 15.1. The number of rotatable bonds is 3. The first kappa shape index (κ1) is 14.5. The molecule has 1 N–H and O–H groups in total. The summed E-state index contributed by atoms with van der Waals surface area (Å²) in [6.07, 6.45) is 0.231. The fraction of sp³-hybridized carbons (Fsp3) is 0.385. The van der Waals surface area contributed by atoms with Crippen molar-refractivity contribution < 1.29 is 23.1 Å². The maximum absolute atomic E-state index is 12.5. The van der Waals surface area contributed by atoms with E-state index in [1.54, 1.807) is 14.0 Å². The molecule has 1 aliphatic heterocycles. The molecule has 0 aliphatic carbocycles. The van der Waals surface area contributed by atoms with Gasteiger partial charge in [-0.15, -0.1) is 0 Å². The number of hydrogen-bond donors (Lipinski definition) is 1. The minimum atomic E-state index is -3.86. The van der Waals surface area contributed by atoms with Crippen LogP contribution in [0.2, 0.25) is 0 Å². The summed E-state index contributed by atoms with van der Waals surface area (Å²) in [5.41, 5.74) is 0.338. The Morgan fingerprint density at radius 1 is 1.40 bits per heavy atom. The van der Waals surface area contributed by atoms with E-state index in [1.807, 2.05) is 0 Å². The Bertz CT molecular complexity index is 680. The summed E-state index contributed by atoms with van der Waals surface area (Å²) < 4.78 is 25.1. The predicted octanol–water partition coefficient (Wildman–Crippen LogP) is 0.698. The number of hydrogen-bond acceptors (Lipinski definition) is 4. The highest BCUT2D eigenvalue weighted by atomic mass is 32.2. The van der Waals surface area contributed by atoms with E-state index in [4.69, 9.17) is 5.11 Å². The molecule has 1 aliphatic rings. The van der Waals surface area contributed by atoms with Crippen molar-refractivity contribution >= 4 is 21.7 Å². The van der Waals surface area contributed by atoms with Gasteiger partial charge in [-0.3, -0.25) is 4.79 Å². The number of aryl methyl sites for hydroxylation is 1. The van der Waals surface area contributed by atoms with Crippen LogP contribution in [-0.4, -0.2) is 49.1 Å². The molecule has 7 heteroatoms. The third-order valence-electron chi connectivity index (χ3n) is 3.49. The van der Waals surface area contributed by atoms with Crippen molar-refractivity contribution in [2.45, 2.75) is 23.5 Å². The number of benzene rings is 1. The largest absolute Gasteiger partial charge is 0.478 e. The van der Waals surface area contributed by atoms with Crippen molar-refractivity contribution in [1.29, 1.82) is 0 Å². The topological polar surface area (TPSA) is 91.8 Å². The van der Waals surface area contributed by atoms with Crippen LogP contribution in [0, 0.1) is 6.92 Å². The maximum atomic E-state index is 12.5. The summed E-state index contributed by atoms with van der Waals surface area (Å²) in [5, 5.41) is 7.84. The second kappa shape index (κ2) is 4.90. The third-order valence-corrected chi connectivity index (χ3v) is 5.73. The van der Waals surface area contributed by atoms with E-state index in [-0.39, 0.29) is 16.9 Å². The van der Waals surface area contributed by atoms with Crippen molar-refractivity contribution in [3.63, 3.8) is 0 Å². The molecule has 2 rings (SSSR count). The molecule has 1 unspecified atom stereocenters. The number of carboxylic acid groups (broad SMARTS) is 1. The molecule has 108 valence electrons. The van der Waals surface area contributed by atoms with Gasteiger partial charge in [0.15, 0.2) is 9.84 Å². The summed E-state index contributed by atoms with van der Waals surface area (Å²) in [5.74, 6) is -1.64. The molecule has 20 heavy (non-hydrogen) atoms. The summed E-state index contributed by atoms with van der Waals surface area (Å²) in [4.78, 5) is 24.1. The third kappa shape index (κ3) is 2.29. The normalized spacial score (nSPS) is 19.4. The van der Waals surface area contributed by atoms with E-state index in [0.29, 0.717) is 12.1 Å². The Morgan fingerprint density at radius 3 is 2.55 bits per heavy atom. The molecule has 0 aromatic heterocycles. The van der Waals surface area contributed by atoms with E-state index < -0.39 is 27.0 Å². The first-order valence-corrected chi connectivity index (χ1v) is 7.62. The van der Waals surface area contributed by atoms with Gasteiger partial charge in [-0.1, -0.05) is 6.07 Å². The van der Waals surface area contributed by atoms with Gasteiger partial charge in [0, 0.05) is 13.6 Å². The van der Waals surface area contributed by atoms with Crippen LogP contribution in [0.15, 0.2) is 23.1 Å². The van der Waals surface area contributed by atoms with Gasteiger partial charge in [0.25, 0.3) is 0 Å². The van der Waals surface area contributed by atoms with E-state index in [2.05, 4.69) is 0 Å². The standard InChI is InChI=1S/C13H15NO5S/c1-8-3-4-9(13(16)17)7-11(8)20(18,19)10-5-6-14(2)12(10)15/h3-4,7,10H,5-6H2,1-2H3,(H,16,17). The summed E-state index contributed by atoms with van der Waals surface area (Å²) in [7, 11) is -2.31. The van der Waals surface area contributed by atoms with Gasteiger partial charge in [0.2, 0.25) is 5.91 Å². The average Bonchev–Trinajstić information content (AvgIpc) is 2.70. The minimum absolute atomic E-state index is 0.0777. The average molecular weight is 297 g/mol. The minimum Gasteiger partial charge on any atom is -0.478 e. The van der Waals surface area contributed by atoms with Gasteiger partial charge in [0.1, 0.15) is 5.25 Å². The van der Waals surface area contributed by atoms with E-state index in [0.717, 1.165) is 6.07 Å². The highest BCUT2D eigenvalue weighted by Crippen LogP contribution is 2.27. The fourth-order valence-corrected chi connectivity index (χ4v) is 4.25. The Hall–Kier alpha value is -1.89. The fourth-order valence-electron chi connectivity index (χ4n) is 2.27. The van der Waals surface area contributed by atoms with Crippen molar-refractivity contribution in [1.82, 2.24) is 4.90 Å². The van der Waals surface area contributed by atoms with Crippen LogP contribution in [0.1, 0.15) is 22.3 Å². The molecule has 1 amide bonds. The second-order valence-electron chi connectivity index (χ2n) is 4.87. The first-order chi connectivity index (χ1) is 9.25. The molecule has 1 aromatic carbocycles. The van der Waals surface area contributed by atoms with Crippen molar-refractivity contribution in [2.24, 2.45) is 0 Å². The van der Waals surface area contributed by atoms with Gasteiger partial charge in [0.05, 0.1) is 10.5 Å². The lowest BCUT2D eigenvalue weighted by Gasteiger charge is -2.14. The van der Waals surface area contributed by atoms with Gasteiger partial charge < -0.3 is 10.0 Å². The number of carboxylic acids is 1. The van der Waals surface area contributed by atoms with Crippen molar-refractivity contribution in [2.75, 3.05) is 13.6 Å². The molecule has 1 fully saturated rings. The first-order valence-electron chi connectivity index (χ1n) is 6.08. The summed E-state index contributed by atoms with van der Waals surface area (Å²) in [6, 6.07) is 3.91. The molecular formula is C13H15NO5S. The van der Waals surface area contributed by atoms with Gasteiger partial charge in [-0.2, -0.15) is 0 Å². The Morgan fingerprint density at radius 2 is 2.05 bits per heavy atom.